The molecule has 0 amide bonds. The number of benzene rings is 1. The molecular formula is C33H44ClN7O. The van der Waals surface area contributed by atoms with Crippen LogP contribution in [-0.4, -0.2) is 65.8 Å². The van der Waals surface area contributed by atoms with Crippen LogP contribution in [0.1, 0.15) is 68.9 Å². The van der Waals surface area contributed by atoms with E-state index < -0.39 is 0 Å². The Morgan fingerprint density at radius 1 is 1.02 bits per heavy atom. The predicted molar refractivity (Wildman–Crippen MR) is 165 cm³/mol. The summed E-state index contributed by atoms with van der Waals surface area (Å²) < 4.78 is 5.58. The molecule has 6 aliphatic rings. The lowest BCUT2D eigenvalue weighted by molar-refractivity contribution is -0.0738. The van der Waals surface area contributed by atoms with Gasteiger partial charge in [0.1, 0.15) is 17.5 Å². The highest BCUT2D eigenvalue weighted by Gasteiger charge is 2.55. The quantitative estimate of drug-likeness (QED) is 0.355. The van der Waals surface area contributed by atoms with Crippen LogP contribution in [0, 0.1) is 34.5 Å². The number of rotatable bonds is 9. The Labute approximate surface area is 255 Å². The zero-order valence-electron chi connectivity index (χ0n) is 24.5. The van der Waals surface area contributed by atoms with E-state index in [1.54, 1.807) is 6.20 Å². The van der Waals surface area contributed by atoms with E-state index in [0.717, 1.165) is 62.2 Å². The van der Waals surface area contributed by atoms with E-state index in [1.807, 2.05) is 24.3 Å². The van der Waals surface area contributed by atoms with E-state index in [2.05, 4.69) is 31.9 Å². The third-order valence-electron chi connectivity index (χ3n) is 11.0. The summed E-state index contributed by atoms with van der Waals surface area (Å²) in [7, 11) is 0. The summed E-state index contributed by atoms with van der Waals surface area (Å²) in [5.41, 5.74) is 1.78. The van der Waals surface area contributed by atoms with E-state index in [4.69, 9.17) is 21.3 Å². The third kappa shape index (κ3) is 5.99. The minimum absolute atomic E-state index is 0.297. The van der Waals surface area contributed by atoms with Gasteiger partial charge in [0, 0.05) is 49.3 Å². The highest BCUT2D eigenvalue weighted by Crippen LogP contribution is 2.60. The summed E-state index contributed by atoms with van der Waals surface area (Å²) >= 11 is 6.32. The number of aromatic nitrogens is 2. The van der Waals surface area contributed by atoms with Crippen molar-refractivity contribution >= 4 is 23.4 Å². The molecule has 1 unspecified atom stereocenters. The Morgan fingerprint density at radius 2 is 1.79 bits per heavy atom. The Bertz CT molecular complexity index is 1270. The minimum Gasteiger partial charge on any atom is -0.379 e. The van der Waals surface area contributed by atoms with Crippen LogP contribution in [0.15, 0.2) is 30.5 Å². The molecule has 42 heavy (non-hydrogen) atoms. The molecule has 3 N–H and O–H groups in total. The monoisotopic (exact) mass is 589 g/mol. The van der Waals surface area contributed by atoms with E-state index in [-0.39, 0.29) is 0 Å². The molecule has 5 aliphatic carbocycles. The molecule has 2 aromatic rings. The first-order valence-corrected chi connectivity index (χ1v) is 16.5. The largest absolute Gasteiger partial charge is 0.379 e. The van der Waals surface area contributed by atoms with Crippen molar-refractivity contribution in [3.8, 4) is 6.07 Å². The van der Waals surface area contributed by atoms with Crippen LogP contribution in [0.5, 0.6) is 0 Å². The van der Waals surface area contributed by atoms with E-state index in [1.165, 1.54) is 57.8 Å². The van der Waals surface area contributed by atoms with Crippen LogP contribution in [0.2, 0.25) is 5.02 Å². The number of hydrogen-bond acceptors (Lipinski definition) is 8. The Balaban J connectivity index is 0.956. The number of halogens is 1. The topological polar surface area (TPSA) is 98.1 Å². The third-order valence-corrected chi connectivity index (χ3v) is 11.4. The molecule has 224 valence electrons. The standard InChI is InChI=1S/C33H44ClN7O/c34-29-4-2-1-3-23(29)19-36-32-37-20-26(18-35)31(40-32)38-21-33-15-22-13-24(16-33)30(25(14-22)17-33)39-27-5-7-28(8-6-27)41-9-11-42-12-10-41/h1-4,20,22,24-25,27-28,30,39H,5-17,19,21H2,(H2,36,37,38,40)/t22?,24-,25+,27-,28+,30-,33-. The molecule has 4 bridgehead atoms. The van der Waals surface area contributed by atoms with E-state index >= 15 is 0 Å². The lowest BCUT2D eigenvalue weighted by Crippen LogP contribution is -2.61. The summed E-state index contributed by atoms with van der Waals surface area (Å²) in [4.78, 5) is 11.8. The van der Waals surface area contributed by atoms with Gasteiger partial charge in [-0.25, -0.2) is 4.98 Å². The van der Waals surface area contributed by atoms with E-state index in [9.17, 15) is 5.26 Å². The van der Waals surface area contributed by atoms with Crippen LogP contribution in [-0.2, 0) is 11.3 Å². The number of hydrogen-bond donors (Lipinski definition) is 3. The van der Waals surface area contributed by atoms with Gasteiger partial charge in [-0.05, 0) is 92.6 Å². The summed E-state index contributed by atoms with van der Waals surface area (Å²) in [6.45, 7) is 5.43. The number of ether oxygens (including phenoxy) is 1. The van der Waals surface area contributed by atoms with Gasteiger partial charge in [-0.1, -0.05) is 29.8 Å². The van der Waals surface area contributed by atoms with Gasteiger partial charge in [-0.2, -0.15) is 10.2 Å². The summed E-state index contributed by atoms with van der Waals surface area (Å²) in [6, 6.07) is 12.2. The molecule has 8 rings (SSSR count). The van der Waals surface area contributed by atoms with Gasteiger partial charge in [0.2, 0.25) is 5.95 Å². The Morgan fingerprint density at radius 3 is 2.52 bits per heavy atom. The fraction of sp³-hybridized carbons (Fsp3) is 0.667. The molecule has 1 saturated heterocycles. The van der Waals surface area contributed by atoms with Crippen LogP contribution < -0.4 is 16.0 Å². The summed E-state index contributed by atoms with van der Waals surface area (Å²) in [6.07, 6.45) is 13.5. The molecule has 0 radical (unpaired) electrons. The number of nitrogens with one attached hydrogen (secondary N) is 3. The highest BCUT2D eigenvalue weighted by molar-refractivity contribution is 6.31. The van der Waals surface area contributed by atoms with Crippen LogP contribution in [0.3, 0.4) is 0 Å². The zero-order valence-corrected chi connectivity index (χ0v) is 25.3. The molecule has 5 atom stereocenters. The molecule has 1 aromatic carbocycles. The van der Waals surface area contributed by atoms with Gasteiger partial charge in [-0.15, -0.1) is 0 Å². The predicted octanol–water partition coefficient (Wildman–Crippen LogP) is 5.45. The zero-order chi connectivity index (χ0) is 28.5. The van der Waals surface area contributed by atoms with Crippen molar-refractivity contribution in [2.75, 3.05) is 43.5 Å². The van der Waals surface area contributed by atoms with Crippen molar-refractivity contribution in [1.29, 1.82) is 5.26 Å². The number of morpholine rings is 1. The second-order valence-electron chi connectivity index (χ2n) is 13.7. The number of anilines is 2. The van der Waals surface area contributed by atoms with Crippen molar-refractivity contribution in [1.82, 2.24) is 20.2 Å². The van der Waals surface area contributed by atoms with Gasteiger partial charge < -0.3 is 20.7 Å². The van der Waals surface area contributed by atoms with Gasteiger partial charge in [-0.3, -0.25) is 4.90 Å². The van der Waals surface area contributed by atoms with Gasteiger partial charge in [0.15, 0.2) is 0 Å². The Kier molecular flexibility index (Phi) is 8.28. The number of nitriles is 1. The lowest BCUT2D eigenvalue weighted by Gasteiger charge is -2.61. The average Bonchev–Trinajstić information content (AvgIpc) is 3.02. The molecule has 1 aromatic heterocycles. The molecule has 5 saturated carbocycles. The van der Waals surface area contributed by atoms with Gasteiger partial charge in [0.25, 0.3) is 0 Å². The molecule has 6 fully saturated rings. The lowest BCUT2D eigenvalue weighted by atomic mass is 9.47. The van der Waals surface area contributed by atoms with Crippen LogP contribution >= 0.6 is 11.6 Å². The maximum atomic E-state index is 9.77. The molecule has 0 spiro atoms. The van der Waals surface area contributed by atoms with Crippen LogP contribution in [0.25, 0.3) is 0 Å². The summed E-state index contributed by atoms with van der Waals surface area (Å²) in [5.74, 6) is 3.52. The van der Waals surface area contributed by atoms with Crippen molar-refractivity contribution < 1.29 is 4.74 Å². The van der Waals surface area contributed by atoms with E-state index in [0.29, 0.717) is 46.4 Å². The molecule has 2 heterocycles. The maximum Gasteiger partial charge on any atom is 0.224 e. The fourth-order valence-electron chi connectivity index (χ4n) is 9.27. The van der Waals surface area contributed by atoms with Crippen molar-refractivity contribution in [3.63, 3.8) is 0 Å². The smallest absolute Gasteiger partial charge is 0.224 e. The maximum absolute atomic E-state index is 9.77. The van der Waals surface area contributed by atoms with Gasteiger partial charge >= 0.3 is 0 Å². The number of nitrogens with zero attached hydrogens (tertiary/aromatic N) is 4. The molecule has 9 heteroatoms. The first-order chi connectivity index (χ1) is 20.6. The minimum atomic E-state index is 0.297. The Hall–Kier alpha value is -2.44. The highest BCUT2D eigenvalue weighted by atomic mass is 35.5. The average molecular weight is 590 g/mol. The van der Waals surface area contributed by atoms with Gasteiger partial charge in [0.05, 0.1) is 19.4 Å². The molecular weight excluding hydrogens is 546 g/mol. The second kappa shape index (κ2) is 12.3. The van der Waals surface area contributed by atoms with Crippen molar-refractivity contribution in [2.45, 2.75) is 82.5 Å². The van der Waals surface area contributed by atoms with Crippen LogP contribution in [0.4, 0.5) is 11.8 Å². The fourth-order valence-corrected chi connectivity index (χ4v) is 9.48. The molecule has 8 nitrogen and oxygen atoms in total. The van der Waals surface area contributed by atoms with Crippen molar-refractivity contribution in [2.24, 2.45) is 23.2 Å². The second-order valence-corrected chi connectivity index (χ2v) is 14.1. The molecule has 1 aliphatic heterocycles. The summed E-state index contributed by atoms with van der Waals surface area (Å²) in [5, 5.41) is 21.6. The normalized spacial score (nSPS) is 34.2. The SMILES string of the molecule is N#Cc1cnc(NCc2ccccc2Cl)nc1NC[C@]12CC3C[C@H](C1)[C@@H](N[C@H]1CC[C@@H](N4CCOCC4)CC1)[C@@H](C3)C2. The first-order valence-electron chi connectivity index (χ1n) is 16.1. The van der Waals surface area contributed by atoms with Crippen molar-refractivity contribution in [3.05, 3.63) is 46.6 Å². The first kappa shape index (κ1) is 28.3.